The summed E-state index contributed by atoms with van der Waals surface area (Å²) in [5.74, 6) is 2.31. The number of hydrogen-bond acceptors (Lipinski definition) is 4. The molecule has 0 saturated heterocycles. The molecule has 0 aliphatic rings. The minimum atomic E-state index is -0.149. The molecule has 1 aromatic heterocycles. The van der Waals surface area contributed by atoms with Crippen LogP contribution in [0, 0.1) is 0 Å². The first-order chi connectivity index (χ1) is 17.7. The zero-order chi connectivity index (χ0) is 25.2. The Hall–Kier alpha value is -4.06. The molecule has 1 N–H and O–H groups in total. The van der Waals surface area contributed by atoms with E-state index in [1.807, 2.05) is 54.6 Å². The van der Waals surface area contributed by atoms with Crippen molar-refractivity contribution in [1.82, 2.24) is 14.9 Å². The van der Waals surface area contributed by atoms with Gasteiger partial charge in [0, 0.05) is 19.5 Å². The normalized spacial score (nSPS) is 10.8. The molecule has 0 bridgehead atoms. The molecule has 6 heteroatoms. The first-order valence-corrected chi connectivity index (χ1v) is 12.4. The van der Waals surface area contributed by atoms with E-state index in [-0.39, 0.29) is 5.91 Å². The van der Waals surface area contributed by atoms with E-state index < -0.39 is 0 Å². The summed E-state index contributed by atoms with van der Waals surface area (Å²) in [5.41, 5.74) is 3.77. The van der Waals surface area contributed by atoms with Crippen LogP contribution in [0.2, 0.25) is 0 Å². The van der Waals surface area contributed by atoms with Gasteiger partial charge in [-0.3, -0.25) is 4.79 Å². The highest BCUT2D eigenvalue weighted by atomic mass is 16.5. The number of amides is 1. The SMILES string of the molecule is C=CCc1ccccc1OCCCCn1c(CCNC(=O)c2ccccc2OC)nc2ccccc21. The molecule has 0 atom stereocenters. The highest BCUT2D eigenvalue weighted by Gasteiger charge is 2.13. The van der Waals surface area contributed by atoms with Gasteiger partial charge in [-0.2, -0.15) is 0 Å². The van der Waals surface area contributed by atoms with Gasteiger partial charge in [0.1, 0.15) is 17.3 Å². The van der Waals surface area contributed by atoms with Gasteiger partial charge >= 0.3 is 0 Å². The van der Waals surface area contributed by atoms with Gasteiger partial charge < -0.3 is 19.4 Å². The summed E-state index contributed by atoms with van der Waals surface area (Å²) < 4.78 is 13.6. The maximum Gasteiger partial charge on any atom is 0.255 e. The van der Waals surface area contributed by atoms with Gasteiger partial charge in [-0.25, -0.2) is 4.98 Å². The molecule has 0 fully saturated rings. The van der Waals surface area contributed by atoms with E-state index >= 15 is 0 Å². The number of nitrogens with zero attached hydrogens (tertiary/aromatic N) is 2. The summed E-state index contributed by atoms with van der Waals surface area (Å²) in [6.45, 7) is 5.82. The van der Waals surface area contributed by atoms with Crippen molar-refractivity contribution in [2.45, 2.75) is 32.2 Å². The van der Waals surface area contributed by atoms with E-state index in [9.17, 15) is 4.79 Å². The highest BCUT2D eigenvalue weighted by molar-refractivity contribution is 5.96. The number of aromatic nitrogens is 2. The third-order valence-corrected chi connectivity index (χ3v) is 6.09. The van der Waals surface area contributed by atoms with Gasteiger partial charge in [0.15, 0.2) is 0 Å². The van der Waals surface area contributed by atoms with Crippen molar-refractivity contribution in [3.05, 3.63) is 102 Å². The summed E-state index contributed by atoms with van der Waals surface area (Å²) in [7, 11) is 1.57. The topological polar surface area (TPSA) is 65.4 Å². The summed E-state index contributed by atoms with van der Waals surface area (Å²) in [6.07, 6.45) is 5.23. The maximum atomic E-state index is 12.7. The van der Waals surface area contributed by atoms with Crippen molar-refractivity contribution >= 4 is 16.9 Å². The lowest BCUT2D eigenvalue weighted by Gasteiger charge is -2.12. The van der Waals surface area contributed by atoms with E-state index in [0.29, 0.717) is 30.9 Å². The fraction of sp³-hybridized carbons (Fsp3) is 0.267. The Labute approximate surface area is 212 Å². The quantitative estimate of drug-likeness (QED) is 0.198. The number of carbonyl (C=O) groups excluding carboxylic acids is 1. The number of fused-ring (bicyclic) bond motifs is 1. The Balaban J connectivity index is 1.34. The van der Waals surface area contributed by atoms with Crippen LogP contribution in [0.25, 0.3) is 11.0 Å². The Bertz CT molecular complexity index is 1310. The maximum absolute atomic E-state index is 12.7. The molecule has 186 valence electrons. The van der Waals surface area contributed by atoms with Crippen LogP contribution in [-0.4, -0.2) is 35.7 Å². The second-order valence-corrected chi connectivity index (χ2v) is 8.53. The monoisotopic (exact) mass is 483 g/mol. The van der Waals surface area contributed by atoms with Crippen LogP contribution in [-0.2, 0) is 19.4 Å². The van der Waals surface area contributed by atoms with Crippen molar-refractivity contribution in [3.8, 4) is 11.5 Å². The molecule has 0 aliphatic heterocycles. The molecule has 3 aromatic carbocycles. The van der Waals surface area contributed by atoms with Crippen molar-refractivity contribution in [2.24, 2.45) is 0 Å². The number of hydrogen-bond donors (Lipinski definition) is 1. The van der Waals surface area contributed by atoms with Gasteiger partial charge in [-0.1, -0.05) is 48.5 Å². The molecular formula is C30H33N3O3. The van der Waals surface area contributed by atoms with Crippen molar-refractivity contribution < 1.29 is 14.3 Å². The van der Waals surface area contributed by atoms with E-state index in [1.54, 1.807) is 19.2 Å². The first-order valence-electron chi connectivity index (χ1n) is 12.4. The van der Waals surface area contributed by atoms with Crippen molar-refractivity contribution in [1.29, 1.82) is 0 Å². The van der Waals surface area contributed by atoms with Crippen LogP contribution in [0.15, 0.2) is 85.5 Å². The molecule has 4 rings (SSSR count). The fourth-order valence-electron chi connectivity index (χ4n) is 4.30. The second kappa shape index (κ2) is 12.6. The largest absolute Gasteiger partial charge is 0.496 e. The molecule has 0 saturated carbocycles. The van der Waals surface area contributed by atoms with Crippen LogP contribution < -0.4 is 14.8 Å². The molecule has 1 amide bonds. The number of imidazole rings is 1. The fourth-order valence-corrected chi connectivity index (χ4v) is 4.30. The number of allylic oxidation sites excluding steroid dienone is 1. The number of methoxy groups -OCH3 is 1. The lowest BCUT2D eigenvalue weighted by molar-refractivity contribution is 0.0951. The number of aryl methyl sites for hydroxylation is 1. The molecule has 36 heavy (non-hydrogen) atoms. The van der Waals surface area contributed by atoms with E-state index in [1.165, 1.54) is 0 Å². The summed E-state index contributed by atoms with van der Waals surface area (Å²) in [6, 6.07) is 23.5. The molecule has 0 radical (unpaired) electrons. The molecule has 4 aromatic rings. The van der Waals surface area contributed by atoms with Crippen LogP contribution >= 0.6 is 0 Å². The molecule has 0 unspecified atom stereocenters. The zero-order valence-corrected chi connectivity index (χ0v) is 20.8. The number of ether oxygens (including phenoxy) is 2. The molecule has 1 heterocycles. The van der Waals surface area contributed by atoms with Gasteiger partial charge in [0.2, 0.25) is 0 Å². The van der Waals surface area contributed by atoms with E-state index in [0.717, 1.165) is 54.0 Å². The van der Waals surface area contributed by atoms with Gasteiger partial charge in [-0.05, 0) is 55.2 Å². The van der Waals surface area contributed by atoms with Crippen LogP contribution in [0.1, 0.15) is 34.6 Å². The molecule has 0 spiro atoms. The number of carbonyl (C=O) groups is 1. The predicted molar refractivity (Wildman–Crippen MR) is 144 cm³/mol. The van der Waals surface area contributed by atoms with Crippen LogP contribution in [0.3, 0.4) is 0 Å². The number of unbranched alkanes of at least 4 members (excludes halogenated alkanes) is 1. The minimum absolute atomic E-state index is 0.149. The Morgan fingerprint density at radius 3 is 2.58 bits per heavy atom. The Morgan fingerprint density at radius 1 is 1.00 bits per heavy atom. The average molecular weight is 484 g/mol. The zero-order valence-electron chi connectivity index (χ0n) is 20.8. The number of rotatable bonds is 13. The average Bonchev–Trinajstić information content (AvgIpc) is 3.26. The van der Waals surface area contributed by atoms with Crippen LogP contribution in [0.4, 0.5) is 0 Å². The van der Waals surface area contributed by atoms with Gasteiger partial charge in [0.25, 0.3) is 5.91 Å². The lowest BCUT2D eigenvalue weighted by atomic mass is 10.1. The summed E-state index contributed by atoms with van der Waals surface area (Å²) >= 11 is 0. The standard InChI is InChI=1S/C30H33N3O3/c1-3-12-23-13-4-8-17-27(23)36-22-11-10-21-33-26-16-7-6-15-25(26)32-29(33)19-20-31-30(34)24-14-5-9-18-28(24)35-2/h3-9,13-18H,1,10-12,19-22H2,2H3,(H,31,34). The van der Waals surface area contributed by atoms with E-state index in [2.05, 4.69) is 28.6 Å². The second-order valence-electron chi connectivity index (χ2n) is 8.53. The highest BCUT2D eigenvalue weighted by Crippen LogP contribution is 2.21. The van der Waals surface area contributed by atoms with Gasteiger partial charge in [0.05, 0.1) is 30.3 Å². The van der Waals surface area contributed by atoms with Gasteiger partial charge in [-0.15, -0.1) is 6.58 Å². The molecular weight excluding hydrogens is 450 g/mol. The number of para-hydroxylation sites is 4. The third kappa shape index (κ3) is 6.13. The Morgan fingerprint density at radius 2 is 1.75 bits per heavy atom. The van der Waals surface area contributed by atoms with E-state index in [4.69, 9.17) is 14.5 Å². The van der Waals surface area contributed by atoms with Crippen molar-refractivity contribution in [3.63, 3.8) is 0 Å². The first kappa shape index (κ1) is 25.0. The predicted octanol–water partition coefficient (Wildman–Crippen LogP) is 5.61. The smallest absolute Gasteiger partial charge is 0.255 e. The number of benzene rings is 3. The summed E-state index contributed by atoms with van der Waals surface area (Å²) in [5, 5.41) is 3.00. The third-order valence-electron chi connectivity index (χ3n) is 6.09. The number of nitrogens with one attached hydrogen (secondary N) is 1. The summed E-state index contributed by atoms with van der Waals surface area (Å²) in [4.78, 5) is 17.5. The van der Waals surface area contributed by atoms with Crippen molar-refractivity contribution in [2.75, 3.05) is 20.3 Å². The lowest BCUT2D eigenvalue weighted by Crippen LogP contribution is -2.27. The Kier molecular flexibility index (Phi) is 8.76. The minimum Gasteiger partial charge on any atom is -0.496 e. The molecule has 6 nitrogen and oxygen atoms in total. The van der Waals surface area contributed by atoms with Crippen LogP contribution in [0.5, 0.6) is 11.5 Å². The molecule has 0 aliphatic carbocycles.